The topological polar surface area (TPSA) is 43.6 Å². The van der Waals surface area contributed by atoms with Crippen LogP contribution in [0.4, 0.5) is 0 Å². The van der Waals surface area contributed by atoms with Crippen LogP contribution in [0.1, 0.15) is 50.6 Å². The van der Waals surface area contributed by atoms with Crippen molar-refractivity contribution in [2.75, 3.05) is 0 Å². The quantitative estimate of drug-likeness (QED) is 0.296. The number of thiophene rings is 1. The van der Waals surface area contributed by atoms with Crippen LogP contribution in [0.3, 0.4) is 0 Å². The van der Waals surface area contributed by atoms with Crippen LogP contribution in [0.5, 0.6) is 0 Å². The number of fused-ring (bicyclic) bond motifs is 6. The zero-order chi connectivity index (χ0) is 21.3. The predicted molar refractivity (Wildman–Crippen MR) is 130 cm³/mol. The summed E-state index contributed by atoms with van der Waals surface area (Å²) in [5.74, 6) is 1.21. The van der Waals surface area contributed by atoms with Crippen molar-refractivity contribution in [3.05, 3.63) is 53.6 Å². The van der Waals surface area contributed by atoms with Crippen LogP contribution in [0.2, 0.25) is 0 Å². The molecule has 0 unspecified atom stereocenters. The second-order valence-electron chi connectivity index (χ2n) is 9.79. The second-order valence-corrected chi connectivity index (χ2v) is 10.8. The molecule has 6 rings (SSSR count). The van der Waals surface area contributed by atoms with Gasteiger partial charge in [-0.2, -0.15) is 0 Å². The largest absolute Gasteiger partial charge is 0.325 e. The number of nitrogens with zero attached hydrogens (tertiary/aromatic N) is 4. The highest BCUT2D eigenvalue weighted by Gasteiger charge is 2.23. The highest BCUT2D eigenvalue weighted by atomic mass is 32.1. The van der Waals surface area contributed by atoms with E-state index in [4.69, 9.17) is 15.0 Å². The van der Waals surface area contributed by atoms with Crippen LogP contribution in [0, 0.1) is 6.92 Å². The number of rotatable bonds is 1. The van der Waals surface area contributed by atoms with Crippen LogP contribution in [-0.2, 0) is 18.4 Å². The Balaban J connectivity index is 1.64. The van der Waals surface area contributed by atoms with Gasteiger partial charge in [0, 0.05) is 18.5 Å². The Labute approximate surface area is 186 Å². The van der Waals surface area contributed by atoms with Gasteiger partial charge >= 0.3 is 0 Å². The van der Waals surface area contributed by atoms with E-state index in [2.05, 4.69) is 62.6 Å². The first-order valence-electron chi connectivity index (χ1n) is 11.1. The molecule has 1 aliphatic heterocycles. The minimum absolute atomic E-state index is 0.0401. The third-order valence-corrected chi connectivity index (χ3v) is 7.53. The third kappa shape index (κ3) is 2.90. The molecule has 0 saturated carbocycles. The molecule has 5 heteroatoms. The number of hydrogen-bond acceptors (Lipinski definition) is 4. The van der Waals surface area contributed by atoms with Gasteiger partial charge in [0.15, 0.2) is 0 Å². The van der Waals surface area contributed by atoms with Crippen molar-refractivity contribution >= 4 is 42.7 Å². The molecule has 0 saturated heterocycles. The fraction of sp³-hybridized carbons (Fsp3) is 0.346. The molecular formula is C26H26N4S. The lowest BCUT2D eigenvalue weighted by Crippen LogP contribution is -2.12. The average Bonchev–Trinajstić information content (AvgIpc) is 3.28. The fourth-order valence-electron chi connectivity index (χ4n) is 4.93. The van der Waals surface area contributed by atoms with Gasteiger partial charge in [-0.15, -0.1) is 11.3 Å². The van der Waals surface area contributed by atoms with Gasteiger partial charge in [-0.25, -0.2) is 15.0 Å². The van der Waals surface area contributed by atoms with Gasteiger partial charge in [-0.3, -0.25) is 0 Å². The predicted octanol–water partition coefficient (Wildman–Crippen LogP) is 6.80. The zero-order valence-corrected chi connectivity index (χ0v) is 19.3. The zero-order valence-electron chi connectivity index (χ0n) is 18.5. The highest BCUT2D eigenvalue weighted by Crippen LogP contribution is 2.41. The molecule has 0 amide bonds. The summed E-state index contributed by atoms with van der Waals surface area (Å²) in [4.78, 5) is 15.5. The maximum Gasteiger partial charge on any atom is 0.144 e. The van der Waals surface area contributed by atoms with Crippen molar-refractivity contribution in [1.29, 1.82) is 0 Å². The number of aromatic nitrogens is 4. The van der Waals surface area contributed by atoms with Crippen LogP contribution in [-0.4, -0.2) is 19.5 Å². The number of hydrogen-bond donors (Lipinski definition) is 0. The number of aryl methyl sites for hydroxylation is 3. The first-order valence-corrected chi connectivity index (χ1v) is 11.9. The molecule has 1 aliphatic rings. The second kappa shape index (κ2) is 6.60. The summed E-state index contributed by atoms with van der Waals surface area (Å²) >= 11 is 1.74. The molecule has 4 nitrogen and oxygen atoms in total. The average molecular weight is 427 g/mol. The number of imidazole rings is 1. The Morgan fingerprint density at radius 2 is 1.90 bits per heavy atom. The molecule has 0 spiro atoms. The molecule has 0 bridgehead atoms. The third-order valence-electron chi connectivity index (χ3n) is 6.46. The van der Waals surface area contributed by atoms with E-state index in [1.165, 1.54) is 46.1 Å². The minimum atomic E-state index is 0.0401. The first-order chi connectivity index (χ1) is 14.9. The first kappa shape index (κ1) is 18.9. The Morgan fingerprint density at radius 1 is 1.03 bits per heavy atom. The lowest BCUT2D eigenvalue weighted by atomic mass is 9.82. The van der Waals surface area contributed by atoms with Crippen LogP contribution in [0.15, 0.2) is 36.7 Å². The van der Waals surface area contributed by atoms with E-state index in [1.807, 2.05) is 0 Å². The monoisotopic (exact) mass is 426 g/mol. The van der Waals surface area contributed by atoms with Crippen molar-refractivity contribution < 1.29 is 0 Å². The van der Waals surface area contributed by atoms with Crippen molar-refractivity contribution in [3.8, 4) is 11.3 Å². The molecule has 3 aromatic heterocycles. The van der Waals surface area contributed by atoms with E-state index in [1.54, 1.807) is 17.7 Å². The molecule has 5 aromatic rings. The van der Waals surface area contributed by atoms with Gasteiger partial charge in [0.25, 0.3) is 0 Å². The van der Waals surface area contributed by atoms with E-state index >= 15 is 0 Å². The highest BCUT2D eigenvalue weighted by molar-refractivity contribution is 7.25. The molecule has 0 N–H and O–H groups in total. The fourth-order valence-corrected chi connectivity index (χ4v) is 6.09. The Kier molecular flexibility index (Phi) is 4.03. The molecule has 0 fully saturated rings. The summed E-state index contributed by atoms with van der Waals surface area (Å²) in [6.45, 7) is 10.1. The van der Waals surface area contributed by atoms with Crippen LogP contribution in [0.25, 0.3) is 42.6 Å². The van der Waals surface area contributed by atoms with Crippen LogP contribution < -0.4 is 0 Å². The van der Waals surface area contributed by atoms with Crippen molar-refractivity contribution in [2.45, 2.75) is 58.9 Å². The van der Waals surface area contributed by atoms with E-state index in [0.29, 0.717) is 0 Å². The molecule has 31 heavy (non-hydrogen) atoms. The van der Waals surface area contributed by atoms with Crippen molar-refractivity contribution in [1.82, 2.24) is 19.5 Å². The Hall–Kier alpha value is -2.79. The van der Waals surface area contributed by atoms with Crippen molar-refractivity contribution in [3.63, 3.8) is 0 Å². The summed E-state index contributed by atoms with van der Waals surface area (Å²) in [6.07, 6.45) is 5.24. The molecule has 0 radical (unpaired) electrons. The summed E-state index contributed by atoms with van der Waals surface area (Å²) < 4.78 is 3.53. The molecule has 0 atom stereocenters. The Morgan fingerprint density at radius 3 is 2.74 bits per heavy atom. The summed E-state index contributed by atoms with van der Waals surface area (Å²) in [5.41, 5.74) is 7.12. The lowest BCUT2D eigenvalue weighted by Gasteiger charge is -2.23. The van der Waals surface area contributed by atoms with Crippen LogP contribution >= 0.6 is 11.3 Å². The summed E-state index contributed by atoms with van der Waals surface area (Å²) in [7, 11) is 0. The van der Waals surface area contributed by atoms with E-state index < -0.39 is 0 Å². The Bertz CT molecular complexity index is 1480. The van der Waals surface area contributed by atoms with Gasteiger partial charge in [0.05, 0.1) is 10.4 Å². The molecule has 2 aromatic carbocycles. The maximum atomic E-state index is 4.96. The molecule has 4 heterocycles. The van der Waals surface area contributed by atoms with Gasteiger partial charge in [0.1, 0.15) is 28.0 Å². The normalized spacial score (nSPS) is 14.6. The number of benzene rings is 2. The van der Waals surface area contributed by atoms with E-state index in [9.17, 15) is 0 Å². The van der Waals surface area contributed by atoms with Gasteiger partial charge < -0.3 is 4.57 Å². The summed E-state index contributed by atoms with van der Waals surface area (Å²) in [5, 5.41) is 2.60. The van der Waals surface area contributed by atoms with E-state index in [0.717, 1.165) is 39.3 Å². The van der Waals surface area contributed by atoms with E-state index in [-0.39, 0.29) is 5.41 Å². The smallest absolute Gasteiger partial charge is 0.144 e. The van der Waals surface area contributed by atoms with Gasteiger partial charge in [-0.1, -0.05) is 44.5 Å². The standard InChI is InChI=1S/C26H26N4S/c1-15-8-9-16-12-17(13-19(18(16)11-15)26(2,3)4)21-24-22(28-14-27-21)23-25(31-24)29-20-7-5-6-10-30(20)23/h8-9,11-14H,5-7,10H2,1-4H3. The van der Waals surface area contributed by atoms with Gasteiger partial charge in [0.2, 0.25) is 0 Å². The van der Waals surface area contributed by atoms with Gasteiger partial charge in [-0.05, 0) is 53.6 Å². The molecule has 156 valence electrons. The molecular weight excluding hydrogens is 400 g/mol. The van der Waals surface area contributed by atoms with Crippen molar-refractivity contribution in [2.24, 2.45) is 0 Å². The lowest BCUT2D eigenvalue weighted by molar-refractivity contribution is 0.533. The SMILES string of the molecule is Cc1ccc2cc(-c3ncnc4c3sc3nc5n(c34)CCCC5)cc(C(C)(C)C)c2c1. The molecule has 0 aliphatic carbocycles. The summed E-state index contributed by atoms with van der Waals surface area (Å²) in [6, 6.07) is 11.4. The maximum absolute atomic E-state index is 4.96. The minimum Gasteiger partial charge on any atom is -0.325 e.